The van der Waals surface area contributed by atoms with Crippen molar-refractivity contribution in [1.82, 2.24) is 0 Å². The Morgan fingerprint density at radius 3 is 2.50 bits per heavy atom. The Hall–Kier alpha value is -0.960. The van der Waals surface area contributed by atoms with Crippen LogP contribution in [0.15, 0.2) is 23.1 Å². The molecule has 0 fully saturated rings. The van der Waals surface area contributed by atoms with Crippen molar-refractivity contribution in [2.45, 2.75) is 31.6 Å². The third kappa shape index (κ3) is 1.63. The predicted molar refractivity (Wildman–Crippen MR) is 69.3 cm³/mol. The molecule has 1 aliphatic heterocycles. The quantitative estimate of drug-likeness (QED) is 0.685. The van der Waals surface area contributed by atoms with E-state index in [0.29, 0.717) is 0 Å². The monoisotopic (exact) mass is 235 g/mol. The van der Waals surface area contributed by atoms with Gasteiger partial charge < -0.3 is 4.90 Å². The third-order valence-electron chi connectivity index (χ3n) is 3.13. The third-order valence-corrected chi connectivity index (χ3v) is 3.41. The van der Waals surface area contributed by atoms with Crippen molar-refractivity contribution in [3.63, 3.8) is 0 Å². The van der Waals surface area contributed by atoms with Crippen molar-refractivity contribution in [3.05, 3.63) is 23.8 Å². The first-order valence-corrected chi connectivity index (χ1v) is 5.87. The number of thiol groups is 1. The van der Waals surface area contributed by atoms with Gasteiger partial charge in [0.2, 0.25) is 5.91 Å². The molecule has 2 nitrogen and oxygen atoms in total. The normalized spacial score (nSPS) is 20.2. The fourth-order valence-electron chi connectivity index (χ4n) is 2.36. The van der Waals surface area contributed by atoms with E-state index in [2.05, 4.69) is 33.4 Å². The molecule has 2 rings (SSSR count). The van der Waals surface area contributed by atoms with E-state index in [1.54, 1.807) is 4.90 Å². The van der Waals surface area contributed by atoms with E-state index < -0.39 is 0 Å². The van der Waals surface area contributed by atoms with E-state index >= 15 is 0 Å². The van der Waals surface area contributed by atoms with Gasteiger partial charge in [-0.3, -0.25) is 4.79 Å². The molecule has 1 unspecified atom stereocenters. The summed E-state index contributed by atoms with van der Waals surface area (Å²) in [4.78, 5) is 14.9. The van der Waals surface area contributed by atoms with Crippen molar-refractivity contribution < 1.29 is 4.79 Å². The first-order chi connectivity index (χ1) is 7.32. The van der Waals surface area contributed by atoms with Crippen molar-refractivity contribution in [3.8, 4) is 0 Å². The number of likely N-dealkylation sites (N-methyl/N-ethyl adjacent to an activating group) is 1. The Kier molecular flexibility index (Phi) is 2.54. The zero-order valence-electron chi connectivity index (χ0n) is 10.1. The summed E-state index contributed by atoms with van der Waals surface area (Å²) in [5.41, 5.74) is 2.06. The van der Waals surface area contributed by atoms with E-state index in [1.165, 1.54) is 0 Å². The molecule has 0 saturated carbocycles. The highest BCUT2D eigenvalue weighted by Gasteiger charge is 2.42. The highest BCUT2D eigenvalue weighted by atomic mass is 32.1. The maximum Gasteiger partial charge on any atom is 0.234 e. The number of rotatable bonds is 0. The van der Waals surface area contributed by atoms with Gasteiger partial charge in [0.25, 0.3) is 0 Å². The Balaban J connectivity index is 2.60. The maximum atomic E-state index is 12.2. The van der Waals surface area contributed by atoms with E-state index in [4.69, 9.17) is 0 Å². The molecule has 0 N–H and O–H groups in total. The first kappa shape index (κ1) is 11.5. The average molecular weight is 235 g/mol. The Bertz CT molecular complexity index is 448. The minimum Gasteiger partial charge on any atom is -0.315 e. The molecule has 1 heterocycles. The predicted octanol–water partition coefficient (Wildman–Crippen LogP) is 3.08. The van der Waals surface area contributed by atoms with E-state index in [0.717, 1.165) is 16.1 Å². The first-order valence-electron chi connectivity index (χ1n) is 5.43. The fraction of sp³-hybridized carbons (Fsp3) is 0.462. The summed E-state index contributed by atoms with van der Waals surface area (Å²) in [7, 11) is 1.84. The molecule has 1 amide bonds. The van der Waals surface area contributed by atoms with Crippen LogP contribution in [0.25, 0.3) is 0 Å². The van der Waals surface area contributed by atoms with Crippen LogP contribution in [0, 0.1) is 5.41 Å². The van der Waals surface area contributed by atoms with Gasteiger partial charge in [0.05, 0.1) is 5.92 Å². The molecule has 1 aromatic carbocycles. The van der Waals surface area contributed by atoms with Crippen LogP contribution in [-0.4, -0.2) is 13.0 Å². The minimum absolute atomic E-state index is 0.0559. The minimum atomic E-state index is -0.0574. The van der Waals surface area contributed by atoms with Crippen molar-refractivity contribution in [2.75, 3.05) is 11.9 Å². The summed E-state index contributed by atoms with van der Waals surface area (Å²) in [6.45, 7) is 6.30. The number of hydrogen-bond acceptors (Lipinski definition) is 2. The molecule has 86 valence electrons. The lowest BCUT2D eigenvalue weighted by atomic mass is 9.77. The number of anilines is 1. The molecule has 0 aliphatic carbocycles. The molecule has 0 bridgehead atoms. The van der Waals surface area contributed by atoms with Crippen LogP contribution in [0.4, 0.5) is 5.69 Å². The van der Waals surface area contributed by atoms with Crippen LogP contribution >= 0.6 is 12.6 Å². The molecular weight excluding hydrogens is 218 g/mol. The zero-order chi connectivity index (χ0) is 12.1. The molecule has 1 atom stereocenters. The smallest absolute Gasteiger partial charge is 0.234 e. The SMILES string of the molecule is CN1C(=O)C(C(C)(C)C)c2cc(S)ccc21. The number of fused-ring (bicyclic) bond motifs is 1. The van der Waals surface area contributed by atoms with Crippen LogP contribution in [0.1, 0.15) is 32.3 Å². The second-order valence-corrected chi connectivity index (χ2v) is 5.96. The number of amides is 1. The molecule has 1 aromatic rings. The highest BCUT2D eigenvalue weighted by Crippen LogP contribution is 2.46. The van der Waals surface area contributed by atoms with Gasteiger partial charge in [-0.2, -0.15) is 0 Å². The summed E-state index contributed by atoms with van der Waals surface area (Å²) in [6.07, 6.45) is 0. The summed E-state index contributed by atoms with van der Waals surface area (Å²) in [5, 5.41) is 0. The summed E-state index contributed by atoms with van der Waals surface area (Å²) >= 11 is 4.35. The highest BCUT2D eigenvalue weighted by molar-refractivity contribution is 7.80. The molecular formula is C13H17NOS. The number of nitrogens with zero attached hydrogens (tertiary/aromatic N) is 1. The number of carbonyl (C=O) groups excluding carboxylic acids is 1. The molecule has 0 spiro atoms. The van der Waals surface area contributed by atoms with Gasteiger partial charge >= 0.3 is 0 Å². The Morgan fingerprint density at radius 1 is 1.31 bits per heavy atom. The van der Waals surface area contributed by atoms with Crippen LogP contribution in [0.3, 0.4) is 0 Å². The molecule has 1 aliphatic rings. The van der Waals surface area contributed by atoms with Crippen molar-refractivity contribution >= 4 is 24.2 Å². The molecule has 0 aromatic heterocycles. The molecule has 16 heavy (non-hydrogen) atoms. The van der Waals surface area contributed by atoms with Crippen LogP contribution in [0.2, 0.25) is 0 Å². The van der Waals surface area contributed by atoms with Gasteiger partial charge in [-0.25, -0.2) is 0 Å². The fourth-order valence-corrected chi connectivity index (χ4v) is 2.57. The largest absolute Gasteiger partial charge is 0.315 e. The van der Waals surface area contributed by atoms with Gasteiger partial charge in [0.1, 0.15) is 0 Å². The Morgan fingerprint density at radius 2 is 1.94 bits per heavy atom. The number of benzene rings is 1. The van der Waals surface area contributed by atoms with Gasteiger partial charge in [-0.05, 0) is 29.2 Å². The van der Waals surface area contributed by atoms with E-state index in [-0.39, 0.29) is 17.2 Å². The van der Waals surface area contributed by atoms with Crippen LogP contribution < -0.4 is 4.90 Å². The lowest BCUT2D eigenvalue weighted by molar-refractivity contribution is -0.121. The summed E-state index contributed by atoms with van der Waals surface area (Å²) < 4.78 is 0. The topological polar surface area (TPSA) is 20.3 Å². The second kappa shape index (κ2) is 3.52. The zero-order valence-corrected chi connectivity index (χ0v) is 11.0. The van der Waals surface area contributed by atoms with E-state index in [9.17, 15) is 4.79 Å². The average Bonchev–Trinajstić information content (AvgIpc) is 2.38. The Labute approximate surface area is 102 Å². The lowest BCUT2D eigenvalue weighted by Crippen LogP contribution is -2.30. The number of hydrogen-bond donors (Lipinski definition) is 1. The standard InChI is InChI=1S/C13H17NOS/c1-13(2,3)11-9-7-8(16)5-6-10(9)14(4)12(11)15/h5-7,11,16H,1-4H3. The van der Waals surface area contributed by atoms with Crippen LogP contribution in [0.5, 0.6) is 0 Å². The lowest BCUT2D eigenvalue weighted by Gasteiger charge is -2.25. The number of carbonyl (C=O) groups is 1. The molecule has 3 heteroatoms. The molecule has 0 saturated heterocycles. The van der Waals surface area contributed by atoms with Gasteiger partial charge in [0, 0.05) is 17.6 Å². The van der Waals surface area contributed by atoms with Crippen molar-refractivity contribution in [2.24, 2.45) is 5.41 Å². The van der Waals surface area contributed by atoms with Gasteiger partial charge in [-0.1, -0.05) is 20.8 Å². The second-order valence-electron chi connectivity index (χ2n) is 5.44. The van der Waals surface area contributed by atoms with Gasteiger partial charge in [-0.15, -0.1) is 12.6 Å². The van der Waals surface area contributed by atoms with E-state index in [1.807, 2.05) is 25.2 Å². The maximum absolute atomic E-state index is 12.2. The molecule has 0 radical (unpaired) electrons. The van der Waals surface area contributed by atoms with Crippen LogP contribution in [-0.2, 0) is 4.79 Å². The van der Waals surface area contributed by atoms with Gasteiger partial charge in [0.15, 0.2) is 0 Å². The summed E-state index contributed by atoms with van der Waals surface area (Å²) in [6, 6.07) is 5.91. The summed E-state index contributed by atoms with van der Waals surface area (Å²) in [5.74, 6) is 0.126. The van der Waals surface area contributed by atoms with Crippen molar-refractivity contribution in [1.29, 1.82) is 0 Å².